The summed E-state index contributed by atoms with van der Waals surface area (Å²) >= 11 is 0. The molecule has 0 saturated heterocycles. The molecule has 0 saturated carbocycles. The van der Waals surface area contributed by atoms with Crippen LogP contribution in [0.1, 0.15) is 35.5 Å². The molecule has 3 rings (SSSR count). The summed E-state index contributed by atoms with van der Waals surface area (Å²) in [6, 6.07) is 7.44. The number of carbonyl (C=O) groups is 2. The highest BCUT2D eigenvalue weighted by Gasteiger charge is 2.44. The Morgan fingerprint density at radius 3 is 2.75 bits per heavy atom. The molecule has 1 unspecified atom stereocenters. The van der Waals surface area contributed by atoms with Crippen molar-refractivity contribution in [3.63, 3.8) is 0 Å². The second kappa shape index (κ2) is 10.7. The largest absolute Gasteiger partial charge is 0.503 e. The number of aliphatic hydroxyl groups is 1. The fraction of sp³-hybridized carbons (Fsp3) is 0.333. The molecular weight excluding hydrogens is 414 g/mol. The molecular formula is C24H27NO7. The lowest BCUT2D eigenvalue weighted by Gasteiger charge is -2.27. The maximum absolute atomic E-state index is 13.2. The third-order valence-electron chi connectivity index (χ3n) is 4.98. The van der Waals surface area contributed by atoms with Gasteiger partial charge in [-0.05, 0) is 43.2 Å². The first-order valence-corrected chi connectivity index (χ1v) is 10.3. The van der Waals surface area contributed by atoms with Crippen LogP contribution in [0.15, 0.2) is 65.0 Å². The maximum atomic E-state index is 13.2. The summed E-state index contributed by atoms with van der Waals surface area (Å²) in [5, 5.41) is 10.7. The van der Waals surface area contributed by atoms with Gasteiger partial charge in [0, 0.05) is 20.3 Å². The van der Waals surface area contributed by atoms with Crippen molar-refractivity contribution in [2.45, 2.75) is 19.4 Å². The molecule has 1 aromatic carbocycles. The van der Waals surface area contributed by atoms with Crippen LogP contribution in [0.5, 0.6) is 11.5 Å². The number of furan rings is 1. The van der Waals surface area contributed by atoms with E-state index in [1.165, 1.54) is 17.2 Å². The SMILES string of the molecule is C=CCOc1ccc(C2C(C(=O)c3ccco3)=C(O)C(=O)N2CCCOC)cc1OCC. The van der Waals surface area contributed by atoms with E-state index >= 15 is 0 Å². The first kappa shape index (κ1) is 23.1. The number of carbonyl (C=O) groups excluding carboxylic acids is 2. The number of ether oxygens (including phenoxy) is 3. The molecule has 0 radical (unpaired) electrons. The summed E-state index contributed by atoms with van der Waals surface area (Å²) in [7, 11) is 1.57. The summed E-state index contributed by atoms with van der Waals surface area (Å²) < 4.78 is 21.7. The van der Waals surface area contributed by atoms with Gasteiger partial charge in [0.2, 0.25) is 5.78 Å². The van der Waals surface area contributed by atoms with Crippen LogP contribution in [0.3, 0.4) is 0 Å². The van der Waals surface area contributed by atoms with E-state index in [0.29, 0.717) is 43.3 Å². The minimum atomic E-state index is -0.815. The number of amides is 1. The fourth-order valence-corrected chi connectivity index (χ4v) is 3.61. The van der Waals surface area contributed by atoms with Gasteiger partial charge in [-0.25, -0.2) is 0 Å². The van der Waals surface area contributed by atoms with Crippen LogP contribution in [0.4, 0.5) is 0 Å². The van der Waals surface area contributed by atoms with Crippen molar-refractivity contribution < 1.29 is 33.3 Å². The molecule has 8 nitrogen and oxygen atoms in total. The van der Waals surface area contributed by atoms with Crippen molar-refractivity contribution in [3.8, 4) is 11.5 Å². The van der Waals surface area contributed by atoms with Gasteiger partial charge in [-0.1, -0.05) is 18.7 Å². The van der Waals surface area contributed by atoms with Crippen molar-refractivity contribution in [1.29, 1.82) is 0 Å². The Labute approximate surface area is 186 Å². The molecule has 2 aromatic rings. The second-order valence-corrected chi connectivity index (χ2v) is 7.06. The van der Waals surface area contributed by atoms with Crippen LogP contribution in [0.25, 0.3) is 0 Å². The van der Waals surface area contributed by atoms with E-state index in [0.717, 1.165) is 0 Å². The van der Waals surface area contributed by atoms with Gasteiger partial charge >= 0.3 is 0 Å². The van der Waals surface area contributed by atoms with Gasteiger partial charge in [0.15, 0.2) is 23.0 Å². The van der Waals surface area contributed by atoms with E-state index in [4.69, 9.17) is 18.6 Å². The molecule has 0 bridgehead atoms. The first-order chi connectivity index (χ1) is 15.5. The zero-order valence-electron chi connectivity index (χ0n) is 18.2. The molecule has 0 fully saturated rings. The number of nitrogens with zero attached hydrogens (tertiary/aromatic N) is 1. The molecule has 0 aliphatic carbocycles. The zero-order valence-corrected chi connectivity index (χ0v) is 18.2. The van der Waals surface area contributed by atoms with Crippen molar-refractivity contribution in [2.75, 3.05) is 33.5 Å². The summed E-state index contributed by atoms with van der Waals surface area (Å²) in [6.45, 7) is 6.90. The quantitative estimate of drug-likeness (QED) is 0.303. The van der Waals surface area contributed by atoms with Gasteiger partial charge in [-0.2, -0.15) is 0 Å². The molecule has 1 aliphatic heterocycles. The van der Waals surface area contributed by atoms with Crippen molar-refractivity contribution >= 4 is 11.7 Å². The summed E-state index contributed by atoms with van der Waals surface area (Å²) in [5.74, 6) is -0.737. The predicted octanol–water partition coefficient (Wildman–Crippen LogP) is 3.86. The van der Waals surface area contributed by atoms with E-state index < -0.39 is 23.5 Å². The van der Waals surface area contributed by atoms with Crippen LogP contribution < -0.4 is 9.47 Å². The Morgan fingerprint density at radius 1 is 1.28 bits per heavy atom. The molecule has 1 amide bonds. The third-order valence-corrected chi connectivity index (χ3v) is 4.98. The van der Waals surface area contributed by atoms with Gasteiger partial charge in [0.05, 0.1) is 24.5 Å². The number of Topliss-reactive ketones (excluding diaryl/α,β-unsaturated/α-hetero) is 1. The fourth-order valence-electron chi connectivity index (χ4n) is 3.61. The minimum Gasteiger partial charge on any atom is -0.503 e. The van der Waals surface area contributed by atoms with Gasteiger partial charge in [-0.15, -0.1) is 0 Å². The van der Waals surface area contributed by atoms with Crippen molar-refractivity contribution in [3.05, 3.63) is 71.9 Å². The smallest absolute Gasteiger partial charge is 0.290 e. The Hall–Kier alpha value is -3.52. The van der Waals surface area contributed by atoms with E-state index in [9.17, 15) is 14.7 Å². The third kappa shape index (κ3) is 4.70. The lowest BCUT2D eigenvalue weighted by atomic mass is 9.94. The standard InChI is InChI=1S/C24H27NO7/c1-4-12-31-17-10-9-16(15-19(17)30-5-2)21-20(22(26)18-8-6-14-32-18)23(27)24(28)25(21)11-7-13-29-3/h4,6,8-10,14-15,21,27H,1,5,7,11-13H2,2-3H3. The number of benzene rings is 1. The Kier molecular flexibility index (Phi) is 7.72. The predicted molar refractivity (Wildman–Crippen MR) is 117 cm³/mol. The first-order valence-electron chi connectivity index (χ1n) is 10.3. The van der Waals surface area contributed by atoms with Crippen LogP contribution in [-0.2, 0) is 9.53 Å². The highest BCUT2D eigenvalue weighted by molar-refractivity contribution is 6.15. The summed E-state index contributed by atoms with van der Waals surface area (Å²) in [4.78, 5) is 27.5. The number of rotatable bonds is 12. The Morgan fingerprint density at radius 2 is 2.09 bits per heavy atom. The summed E-state index contributed by atoms with van der Waals surface area (Å²) in [5.41, 5.74) is 0.564. The summed E-state index contributed by atoms with van der Waals surface area (Å²) in [6.07, 6.45) is 3.52. The molecule has 170 valence electrons. The van der Waals surface area contributed by atoms with Gasteiger partial charge in [0.1, 0.15) is 6.61 Å². The molecule has 1 atom stereocenters. The minimum absolute atomic E-state index is 0.0374. The molecule has 8 heteroatoms. The number of hydrogen-bond acceptors (Lipinski definition) is 7. The van der Waals surface area contributed by atoms with Crippen molar-refractivity contribution in [2.24, 2.45) is 0 Å². The molecule has 1 aromatic heterocycles. The lowest BCUT2D eigenvalue weighted by Crippen LogP contribution is -2.32. The molecule has 2 heterocycles. The Balaban J connectivity index is 2.06. The normalized spacial score (nSPS) is 15.9. The Bertz CT molecular complexity index is 994. The molecule has 1 aliphatic rings. The molecule has 32 heavy (non-hydrogen) atoms. The zero-order chi connectivity index (χ0) is 23.1. The lowest BCUT2D eigenvalue weighted by molar-refractivity contribution is -0.129. The average Bonchev–Trinajstić information content (AvgIpc) is 3.41. The number of ketones is 1. The van der Waals surface area contributed by atoms with Crippen LogP contribution >= 0.6 is 0 Å². The van der Waals surface area contributed by atoms with Crippen molar-refractivity contribution in [1.82, 2.24) is 4.90 Å². The van der Waals surface area contributed by atoms with E-state index in [1.807, 2.05) is 6.92 Å². The van der Waals surface area contributed by atoms with Crippen LogP contribution in [0, 0.1) is 0 Å². The number of methoxy groups -OCH3 is 1. The van der Waals surface area contributed by atoms with Gasteiger partial charge < -0.3 is 28.6 Å². The number of aliphatic hydroxyl groups excluding tert-OH is 1. The van der Waals surface area contributed by atoms with Gasteiger partial charge in [-0.3, -0.25) is 9.59 Å². The van der Waals surface area contributed by atoms with Crippen LogP contribution in [-0.4, -0.2) is 55.2 Å². The second-order valence-electron chi connectivity index (χ2n) is 7.06. The molecule has 1 N–H and O–H groups in total. The highest BCUT2D eigenvalue weighted by Crippen LogP contribution is 2.41. The van der Waals surface area contributed by atoms with Crippen LogP contribution in [0.2, 0.25) is 0 Å². The van der Waals surface area contributed by atoms with Gasteiger partial charge in [0.25, 0.3) is 5.91 Å². The monoisotopic (exact) mass is 441 g/mol. The van der Waals surface area contributed by atoms with E-state index in [2.05, 4.69) is 6.58 Å². The highest BCUT2D eigenvalue weighted by atomic mass is 16.5. The topological polar surface area (TPSA) is 98.4 Å². The molecule has 0 spiro atoms. The van der Waals surface area contributed by atoms with E-state index in [1.54, 1.807) is 37.5 Å². The van der Waals surface area contributed by atoms with E-state index in [-0.39, 0.29) is 17.9 Å². The number of hydrogen-bond donors (Lipinski definition) is 1. The average molecular weight is 441 g/mol. The maximum Gasteiger partial charge on any atom is 0.290 e.